The van der Waals surface area contributed by atoms with Gasteiger partial charge in [0.1, 0.15) is 5.76 Å². The molecular formula is C15H17NO4. The quantitative estimate of drug-likeness (QED) is 0.851. The van der Waals surface area contributed by atoms with Crippen LogP contribution in [0.2, 0.25) is 0 Å². The third-order valence-electron chi connectivity index (χ3n) is 5.19. The van der Waals surface area contributed by atoms with Crippen molar-refractivity contribution in [3.05, 3.63) is 28.2 Å². The molecule has 3 atom stereocenters. The van der Waals surface area contributed by atoms with E-state index in [2.05, 4.69) is 5.16 Å². The van der Waals surface area contributed by atoms with Crippen LogP contribution in [0.4, 0.5) is 0 Å². The van der Waals surface area contributed by atoms with Crippen molar-refractivity contribution in [3.8, 4) is 0 Å². The number of hydrogen-bond donors (Lipinski definition) is 1. The molecule has 2 aliphatic rings. The van der Waals surface area contributed by atoms with E-state index in [1.54, 1.807) is 13.8 Å². The number of aromatic nitrogens is 1. The highest BCUT2D eigenvalue weighted by Crippen LogP contribution is 2.56. The lowest BCUT2D eigenvalue weighted by molar-refractivity contribution is -0.133. The van der Waals surface area contributed by atoms with E-state index in [0.29, 0.717) is 23.4 Å². The van der Waals surface area contributed by atoms with E-state index in [-0.39, 0.29) is 23.2 Å². The highest BCUT2D eigenvalue weighted by atomic mass is 16.5. The molecule has 106 valence electrons. The van der Waals surface area contributed by atoms with Gasteiger partial charge in [-0.3, -0.25) is 4.79 Å². The van der Waals surface area contributed by atoms with E-state index in [4.69, 9.17) is 4.52 Å². The van der Waals surface area contributed by atoms with Crippen LogP contribution in [-0.4, -0.2) is 22.0 Å². The number of hydrogen-bond acceptors (Lipinski definition) is 4. The van der Waals surface area contributed by atoms with Gasteiger partial charge in [-0.1, -0.05) is 17.7 Å². The number of rotatable bonds is 1. The average Bonchev–Trinajstić information content (AvgIpc) is 2.82. The minimum atomic E-state index is -0.995. The van der Waals surface area contributed by atoms with Crippen LogP contribution in [0.1, 0.15) is 42.6 Å². The molecule has 0 unspecified atom stereocenters. The molecule has 1 aromatic rings. The van der Waals surface area contributed by atoms with Crippen molar-refractivity contribution in [1.82, 2.24) is 5.16 Å². The smallest absolute Gasteiger partial charge is 0.332 e. The zero-order chi connectivity index (χ0) is 14.8. The monoisotopic (exact) mass is 275 g/mol. The number of Topliss-reactive ketones (excluding diaryl/α,β-unsaturated/α-hetero) is 1. The maximum Gasteiger partial charge on any atom is 0.332 e. The number of carbonyl (C=O) groups is 2. The number of allylic oxidation sites excluding steroid dienone is 1. The molecule has 2 aliphatic carbocycles. The SMILES string of the molecule is CC1=C(C(=O)O)[C@@]2(C)C(=O)c3c(C)noc3C[C@H]2[C@@H]1C. The summed E-state index contributed by atoms with van der Waals surface area (Å²) in [4.78, 5) is 24.6. The summed E-state index contributed by atoms with van der Waals surface area (Å²) in [6, 6.07) is 0. The molecule has 0 radical (unpaired) electrons. The van der Waals surface area contributed by atoms with Gasteiger partial charge in [0.2, 0.25) is 0 Å². The highest BCUT2D eigenvalue weighted by molar-refractivity contribution is 6.11. The number of carboxylic acids is 1. The van der Waals surface area contributed by atoms with Gasteiger partial charge >= 0.3 is 5.97 Å². The third-order valence-corrected chi connectivity index (χ3v) is 5.19. The van der Waals surface area contributed by atoms with Crippen molar-refractivity contribution in [2.75, 3.05) is 0 Å². The van der Waals surface area contributed by atoms with E-state index >= 15 is 0 Å². The Morgan fingerprint density at radius 2 is 2.10 bits per heavy atom. The fourth-order valence-electron chi connectivity index (χ4n) is 3.98. The first-order valence-electron chi connectivity index (χ1n) is 6.74. The van der Waals surface area contributed by atoms with E-state index in [1.807, 2.05) is 13.8 Å². The molecular weight excluding hydrogens is 258 g/mol. The Morgan fingerprint density at radius 3 is 2.70 bits per heavy atom. The standard InChI is InChI=1S/C15H17NO4/c1-6-7(2)12(14(18)19)15(4)9(6)5-10-11(13(15)17)8(3)16-20-10/h6,9H,5H2,1-4H3,(H,18,19)/t6-,9+,15+/m1/s1. The fourth-order valence-corrected chi connectivity index (χ4v) is 3.98. The predicted octanol–water partition coefficient (Wildman–Crippen LogP) is 2.40. The molecule has 0 amide bonds. The van der Waals surface area contributed by atoms with Gasteiger partial charge in [-0.25, -0.2) is 4.79 Å². The number of aryl methyl sites for hydroxylation is 1. The molecule has 1 N–H and O–H groups in total. The number of ketones is 1. The van der Waals surface area contributed by atoms with Crippen molar-refractivity contribution in [2.45, 2.75) is 34.1 Å². The van der Waals surface area contributed by atoms with Crippen molar-refractivity contribution in [2.24, 2.45) is 17.3 Å². The third kappa shape index (κ3) is 1.30. The number of aliphatic carboxylic acids is 1. The molecule has 0 saturated heterocycles. The minimum Gasteiger partial charge on any atom is -0.478 e. The van der Waals surface area contributed by atoms with Crippen LogP contribution in [0, 0.1) is 24.2 Å². The predicted molar refractivity (Wildman–Crippen MR) is 70.4 cm³/mol. The second-order valence-electron chi connectivity index (χ2n) is 6.06. The topological polar surface area (TPSA) is 80.4 Å². The van der Waals surface area contributed by atoms with Crippen LogP contribution in [0.3, 0.4) is 0 Å². The van der Waals surface area contributed by atoms with Crippen LogP contribution in [-0.2, 0) is 11.2 Å². The number of fused-ring (bicyclic) bond motifs is 2. The lowest BCUT2D eigenvalue weighted by atomic mass is 9.63. The second kappa shape index (κ2) is 3.81. The van der Waals surface area contributed by atoms with E-state index in [0.717, 1.165) is 5.57 Å². The van der Waals surface area contributed by atoms with Gasteiger partial charge in [0.15, 0.2) is 5.78 Å². The first-order valence-corrected chi connectivity index (χ1v) is 6.74. The minimum absolute atomic E-state index is 0.0496. The van der Waals surface area contributed by atoms with Gasteiger partial charge in [0.05, 0.1) is 22.2 Å². The zero-order valence-electron chi connectivity index (χ0n) is 12.0. The molecule has 0 spiro atoms. The largest absolute Gasteiger partial charge is 0.478 e. The Balaban J connectivity index is 2.25. The summed E-state index contributed by atoms with van der Waals surface area (Å²) in [6.45, 7) is 7.28. The Morgan fingerprint density at radius 1 is 1.45 bits per heavy atom. The average molecular weight is 275 g/mol. The van der Waals surface area contributed by atoms with Crippen LogP contribution < -0.4 is 0 Å². The van der Waals surface area contributed by atoms with E-state index in [1.165, 1.54) is 0 Å². The molecule has 1 aromatic heterocycles. The van der Waals surface area contributed by atoms with Gasteiger partial charge in [-0.2, -0.15) is 0 Å². The molecule has 3 rings (SSSR count). The van der Waals surface area contributed by atoms with E-state index < -0.39 is 11.4 Å². The maximum atomic E-state index is 12.9. The van der Waals surface area contributed by atoms with Crippen LogP contribution in [0.25, 0.3) is 0 Å². The molecule has 0 saturated carbocycles. The lowest BCUT2D eigenvalue weighted by Crippen LogP contribution is -2.43. The second-order valence-corrected chi connectivity index (χ2v) is 6.06. The summed E-state index contributed by atoms with van der Waals surface area (Å²) in [7, 11) is 0. The summed E-state index contributed by atoms with van der Waals surface area (Å²) < 4.78 is 5.25. The van der Waals surface area contributed by atoms with Crippen LogP contribution >= 0.6 is 0 Å². The zero-order valence-corrected chi connectivity index (χ0v) is 12.0. The first kappa shape index (κ1) is 13.1. The van der Waals surface area contributed by atoms with Gasteiger partial charge in [-0.05, 0) is 32.6 Å². The van der Waals surface area contributed by atoms with E-state index in [9.17, 15) is 14.7 Å². The Hall–Kier alpha value is -1.91. The Bertz CT molecular complexity index is 669. The van der Waals surface area contributed by atoms with Gasteiger partial charge in [0, 0.05) is 6.42 Å². The molecule has 5 nitrogen and oxygen atoms in total. The summed E-state index contributed by atoms with van der Waals surface area (Å²) >= 11 is 0. The normalized spacial score (nSPS) is 32.3. The Kier molecular flexibility index (Phi) is 2.49. The van der Waals surface area contributed by atoms with Crippen molar-refractivity contribution >= 4 is 11.8 Å². The molecule has 0 aliphatic heterocycles. The van der Waals surface area contributed by atoms with Crippen molar-refractivity contribution in [3.63, 3.8) is 0 Å². The van der Waals surface area contributed by atoms with Crippen LogP contribution in [0.15, 0.2) is 15.7 Å². The molecule has 0 aromatic carbocycles. The molecule has 1 heterocycles. The summed E-state index contributed by atoms with van der Waals surface area (Å²) in [5, 5.41) is 13.4. The van der Waals surface area contributed by atoms with Crippen molar-refractivity contribution < 1.29 is 19.2 Å². The molecule has 0 fully saturated rings. The Labute approximate surface area is 116 Å². The van der Waals surface area contributed by atoms with Gasteiger partial charge < -0.3 is 9.63 Å². The van der Waals surface area contributed by atoms with Crippen molar-refractivity contribution in [1.29, 1.82) is 0 Å². The summed E-state index contributed by atoms with van der Waals surface area (Å²) in [5.41, 5.74) is 1.11. The maximum absolute atomic E-state index is 12.9. The number of carboxylic acid groups (broad SMARTS) is 1. The van der Waals surface area contributed by atoms with Gasteiger partial charge in [0.25, 0.3) is 0 Å². The number of nitrogens with zero attached hydrogens (tertiary/aromatic N) is 1. The highest BCUT2D eigenvalue weighted by Gasteiger charge is 2.58. The molecule has 5 heteroatoms. The first-order chi connectivity index (χ1) is 9.30. The molecule has 0 bridgehead atoms. The lowest BCUT2D eigenvalue weighted by Gasteiger charge is -2.36. The van der Waals surface area contributed by atoms with Crippen LogP contribution in [0.5, 0.6) is 0 Å². The fraction of sp³-hybridized carbons (Fsp3) is 0.533. The number of carbonyl (C=O) groups excluding carboxylic acids is 1. The summed E-state index contributed by atoms with van der Waals surface area (Å²) in [6.07, 6.45) is 0.563. The summed E-state index contributed by atoms with van der Waals surface area (Å²) in [5.74, 6) is -0.579. The molecule has 20 heavy (non-hydrogen) atoms. The van der Waals surface area contributed by atoms with Gasteiger partial charge in [-0.15, -0.1) is 0 Å².